The van der Waals surface area contributed by atoms with Gasteiger partial charge in [0.25, 0.3) is 11.5 Å². The zero-order valence-electron chi connectivity index (χ0n) is 15.1. The van der Waals surface area contributed by atoms with E-state index in [0.29, 0.717) is 6.54 Å². The zero-order valence-corrected chi connectivity index (χ0v) is 15.1. The first-order valence-corrected chi connectivity index (χ1v) is 8.80. The molecule has 0 spiro atoms. The van der Waals surface area contributed by atoms with Crippen molar-refractivity contribution in [3.8, 4) is 0 Å². The van der Waals surface area contributed by atoms with Gasteiger partial charge in [-0.25, -0.2) is 5.10 Å². The lowest BCUT2D eigenvalue weighted by Crippen LogP contribution is -2.45. The Morgan fingerprint density at radius 2 is 1.88 bits per heavy atom. The van der Waals surface area contributed by atoms with Crippen LogP contribution in [0, 0.1) is 0 Å². The molecule has 1 fully saturated rings. The smallest absolute Gasteiger partial charge is 0.271 e. The van der Waals surface area contributed by atoms with Gasteiger partial charge in [-0.2, -0.15) is 5.10 Å². The molecule has 2 aromatic rings. The van der Waals surface area contributed by atoms with Crippen LogP contribution >= 0.6 is 0 Å². The third-order valence-corrected chi connectivity index (χ3v) is 4.36. The van der Waals surface area contributed by atoms with Gasteiger partial charge in [-0.05, 0) is 31.0 Å². The molecule has 26 heavy (non-hydrogen) atoms. The van der Waals surface area contributed by atoms with Crippen LogP contribution in [0.1, 0.15) is 35.5 Å². The van der Waals surface area contributed by atoms with Gasteiger partial charge < -0.3 is 10.1 Å². The lowest BCUT2D eigenvalue weighted by molar-refractivity contribution is -0.0705. The minimum absolute atomic E-state index is 0.193. The number of carbonyl (C=O) groups excluding carboxylic acids is 1. The van der Waals surface area contributed by atoms with Gasteiger partial charge in [0, 0.05) is 32.2 Å². The molecule has 1 saturated heterocycles. The summed E-state index contributed by atoms with van der Waals surface area (Å²) in [4.78, 5) is 25.6. The molecule has 1 aromatic carbocycles. The van der Waals surface area contributed by atoms with Crippen molar-refractivity contribution in [3.05, 3.63) is 63.6 Å². The molecule has 2 N–H and O–H groups in total. The molecule has 7 nitrogen and oxygen atoms in total. The molecule has 1 aliphatic heterocycles. The van der Waals surface area contributed by atoms with Crippen LogP contribution in [0.15, 0.2) is 41.2 Å². The second-order valence-electron chi connectivity index (χ2n) is 6.71. The van der Waals surface area contributed by atoms with Crippen molar-refractivity contribution in [3.63, 3.8) is 0 Å². The number of aromatic nitrogens is 2. The number of aromatic amines is 1. The second kappa shape index (κ2) is 8.25. The maximum Gasteiger partial charge on any atom is 0.271 e. The average Bonchev–Trinajstić information content (AvgIpc) is 2.60. The third-order valence-electron chi connectivity index (χ3n) is 4.36. The van der Waals surface area contributed by atoms with Crippen molar-refractivity contribution in [2.75, 3.05) is 13.1 Å². The van der Waals surface area contributed by atoms with E-state index in [4.69, 9.17) is 4.74 Å². The van der Waals surface area contributed by atoms with Crippen LogP contribution < -0.4 is 10.9 Å². The van der Waals surface area contributed by atoms with Crippen LogP contribution in [0.4, 0.5) is 0 Å². The summed E-state index contributed by atoms with van der Waals surface area (Å²) in [6.07, 6.45) is 0.439. The molecule has 0 unspecified atom stereocenters. The van der Waals surface area contributed by atoms with E-state index in [-0.39, 0.29) is 29.4 Å². The van der Waals surface area contributed by atoms with Crippen molar-refractivity contribution >= 4 is 5.91 Å². The Bertz CT molecular complexity index is 790. The summed E-state index contributed by atoms with van der Waals surface area (Å²) in [5.41, 5.74) is 2.11. The first kappa shape index (κ1) is 18.3. The fourth-order valence-electron chi connectivity index (χ4n) is 3.28. The zero-order chi connectivity index (χ0) is 18.5. The Hall–Kier alpha value is -2.51. The maximum atomic E-state index is 12.2. The highest BCUT2D eigenvalue weighted by molar-refractivity contribution is 5.91. The summed E-state index contributed by atoms with van der Waals surface area (Å²) in [5.74, 6) is -0.315. The molecule has 0 bridgehead atoms. The molecule has 3 rings (SSSR count). The Morgan fingerprint density at radius 1 is 1.19 bits per heavy atom. The van der Waals surface area contributed by atoms with E-state index in [9.17, 15) is 9.59 Å². The lowest BCUT2D eigenvalue weighted by atomic mass is 10.1. The predicted octanol–water partition coefficient (Wildman–Crippen LogP) is 1.31. The number of nitrogens with one attached hydrogen (secondary N) is 2. The fraction of sp³-hybridized carbons (Fsp3) is 0.421. The van der Waals surface area contributed by atoms with E-state index in [1.807, 2.05) is 18.2 Å². The van der Waals surface area contributed by atoms with Gasteiger partial charge >= 0.3 is 0 Å². The number of rotatable bonds is 5. The Labute approximate surface area is 152 Å². The van der Waals surface area contributed by atoms with Crippen LogP contribution in [0.2, 0.25) is 0 Å². The molecule has 0 radical (unpaired) electrons. The lowest BCUT2D eigenvalue weighted by Gasteiger charge is -2.35. The second-order valence-corrected chi connectivity index (χ2v) is 6.71. The van der Waals surface area contributed by atoms with E-state index in [0.717, 1.165) is 25.2 Å². The predicted molar refractivity (Wildman–Crippen MR) is 97.8 cm³/mol. The standard InChI is InChI=1S/C19H24N4O3/c1-13-10-23(11-14(2)26-13)12-16-6-4-3-5-15(16)9-20-19(25)17-7-8-18(24)22-21-17/h3-8,13-14H,9-12H2,1-2H3,(H,20,25)(H,22,24)/t13-,14+. The molecule has 1 amide bonds. The summed E-state index contributed by atoms with van der Waals surface area (Å²) in [7, 11) is 0. The monoisotopic (exact) mass is 356 g/mol. The van der Waals surface area contributed by atoms with Gasteiger partial charge in [0.05, 0.1) is 12.2 Å². The molecular formula is C19H24N4O3. The molecular weight excluding hydrogens is 332 g/mol. The SMILES string of the molecule is C[C@@H]1CN(Cc2ccccc2CNC(=O)c2ccc(=O)[nH]n2)C[C@H](C)O1. The minimum Gasteiger partial charge on any atom is -0.373 e. The van der Waals surface area contributed by atoms with Crippen molar-refractivity contribution in [2.24, 2.45) is 0 Å². The third kappa shape index (κ3) is 4.77. The van der Waals surface area contributed by atoms with Crippen LogP contribution in [0.5, 0.6) is 0 Å². The number of nitrogens with zero attached hydrogens (tertiary/aromatic N) is 2. The number of benzene rings is 1. The van der Waals surface area contributed by atoms with Crippen LogP contribution in [-0.4, -0.2) is 46.3 Å². The van der Waals surface area contributed by atoms with E-state index < -0.39 is 0 Å². The first-order valence-electron chi connectivity index (χ1n) is 8.80. The summed E-state index contributed by atoms with van der Waals surface area (Å²) in [6.45, 7) is 7.20. The summed E-state index contributed by atoms with van der Waals surface area (Å²) in [6, 6.07) is 10.8. The largest absolute Gasteiger partial charge is 0.373 e. The molecule has 7 heteroatoms. The Morgan fingerprint density at radius 3 is 2.54 bits per heavy atom. The first-order chi connectivity index (χ1) is 12.5. The summed E-state index contributed by atoms with van der Waals surface area (Å²) >= 11 is 0. The van der Waals surface area contributed by atoms with E-state index in [1.165, 1.54) is 17.7 Å². The van der Waals surface area contributed by atoms with Crippen molar-refractivity contribution in [1.29, 1.82) is 0 Å². The fourth-order valence-corrected chi connectivity index (χ4v) is 3.28. The van der Waals surface area contributed by atoms with E-state index in [1.54, 1.807) is 0 Å². The van der Waals surface area contributed by atoms with Crippen LogP contribution in [0.25, 0.3) is 0 Å². The molecule has 0 aliphatic carbocycles. The highest BCUT2D eigenvalue weighted by Gasteiger charge is 2.22. The highest BCUT2D eigenvalue weighted by atomic mass is 16.5. The number of H-pyrrole nitrogens is 1. The molecule has 138 valence electrons. The van der Waals surface area contributed by atoms with Gasteiger partial charge in [-0.15, -0.1) is 0 Å². The topological polar surface area (TPSA) is 87.3 Å². The molecule has 2 atom stereocenters. The van der Waals surface area contributed by atoms with Crippen molar-refractivity contribution in [1.82, 2.24) is 20.4 Å². The summed E-state index contributed by atoms with van der Waals surface area (Å²) < 4.78 is 5.79. The van der Waals surface area contributed by atoms with Crippen LogP contribution in [0.3, 0.4) is 0 Å². The highest BCUT2D eigenvalue weighted by Crippen LogP contribution is 2.17. The van der Waals surface area contributed by atoms with Crippen molar-refractivity contribution in [2.45, 2.75) is 39.1 Å². The van der Waals surface area contributed by atoms with Gasteiger partial charge in [0.2, 0.25) is 0 Å². The number of hydrogen-bond acceptors (Lipinski definition) is 5. The molecule has 1 aromatic heterocycles. The Balaban J connectivity index is 1.64. The number of ether oxygens (including phenoxy) is 1. The maximum absolute atomic E-state index is 12.2. The number of morpholine rings is 1. The van der Waals surface area contributed by atoms with Gasteiger partial charge in [-0.1, -0.05) is 24.3 Å². The quantitative estimate of drug-likeness (QED) is 0.843. The number of carbonyl (C=O) groups is 1. The van der Waals surface area contributed by atoms with E-state index in [2.05, 4.69) is 40.3 Å². The number of amides is 1. The van der Waals surface area contributed by atoms with Gasteiger partial charge in [0.15, 0.2) is 0 Å². The molecule has 0 saturated carbocycles. The van der Waals surface area contributed by atoms with E-state index >= 15 is 0 Å². The van der Waals surface area contributed by atoms with Gasteiger partial charge in [0.1, 0.15) is 5.69 Å². The average molecular weight is 356 g/mol. The van der Waals surface area contributed by atoms with Crippen molar-refractivity contribution < 1.29 is 9.53 Å². The van der Waals surface area contributed by atoms with Gasteiger partial charge in [-0.3, -0.25) is 14.5 Å². The Kier molecular flexibility index (Phi) is 5.80. The molecule has 2 heterocycles. The normalized spacial score (nSPS) is 20.7. The summed E-state index contributed by atoms with van der Waals surface area (Å²) in [5, 5.41) is 8.88. The van der Waals surface area contributed by atoms with Crippen LogP contribution in [-0.2, 0) is 17.8 Å². The minimum atomic E-state index is -0.333. The number of hydrogen-bond donors (Lipinski definition) is 2. The molecule has 1 aliphatic rings.